The molecule has 0 radical (unpaired) electrons. The Kier molecular flexibility index (Phi) is 3.08. The van der Waals surface area contributed by atoms with Gasteiger partial charge >= 0.3 is 0 Å². The monoisotopic (exact) mass is 330 g/mol. The average Bonchev–Trinajstić information content (AvgIpc) is 2.73. The molecule has 5 nitrogen and oxygen atoms in total. The van der Waals surface area contributed by atoms with Gasteiger partial charge in [0, 0.05) is 12.7 Å². The molecular formula is C10H11IN4O. The molecule has 0 fully saturated rings. The Morgan fingerprint density at radius 1 is 1.56 bits per heavy atom. The number of aryl methyl sites for hydroxylation is 2. The summed E-state index contributed by atoms with van der Waals surface area (Å²) in [5.41, 5.74) is 1.47. The van der Waals surface area contributed by atoms with Crippen LogP contribution in [0.4, 0.5) is 0 Å². The normalized spacial score (nSPS) is 10.7. The minimum Gasteiger partial charge on any atom is -0.304 e. The van der Waals surface area contributed by atoms with Crippen molar-refractivity contribution in [1.82, 2.24) is 19.7 Å². The fourth-order valence-corrected chi connectivity index (χ4v) is 1.73. The van der Waals surface area contributed by atoms with Crippen LogP contribution in [-0.2, 0) is 6.54 Å². The van der Waals surface area contributed by atoms with Crippen molar-refractivity contribution in [3.8, 4) is 11.5 Å². The summed E-state index contributed by atoms with van der Waals surface area (Å²) in [5, 5.41) is 4.15. The van der Waals surface area contributed by atoms with Gasteiger partial charge in [-0.2, -0.15) is 5.10 Å². The van der Waals surface area contributed by atoms with Crippen molar-refractivity contribution >= 4 is 22.6 Å². The zero-order valence-electron chi connectivity index (χ0n) is 8.99. The zero-order valence-corrected chi connectivity index (χ0v) is 11.1. The Hall–Kier alpha value is -1.18. The predicted octanol–water partition coefficient (Wildman–Crippen LogP) is 1.57. The fraction of sp³-hybridized carbons (Fsp3) is 0.300. The molecule has 0 aliphatic heterocycles. The summed E-state index contributed by atoms with van der Waals surface area (Å²) in [6.07, 6.45) is 1.70. The van der Waals surface area contributed by atoms with Crippen LogP contribution in [-0.4, -0.2) is 19.7 Å². The number of aromatic nitrogens is 4. The van der Waals surface area contributed by atoms with Gasteiger partial charge < -0.3 is 4.98 Å². The third kappa shape index (κ3) is 1.89. The fourth-order valence-electron chi connectivity index (χ4n) is 1.48. The quantitative estimate of drug-likeness (QED) is 0.850. The van der Waals surface area contributed by atoms with E-state index in [0.717, 1.165) is 17.9 Å². The van der Waals surface area contributed by atoms with E-state index in [9.17, 15) is 4.79 Å². The van der Waals surface area contributed by atoms with E-state index >= 15 is 0 Å². The Bertz CT molecular complexity index is 572. The van der Waals surface area contributed by atoms with Crippen molar-refractivity contribution in [1.29, 1.82) is 0 Å². The Morgan fingerprint density at radius 3 is 2.94 bits per heavy atom. The van der Waals surface area contributed by atoms with E-state index in [1.165, 1.54) is 0 Å². The molecule has 0 amide bonds. The van der Waals surface area contributed by atoms with Crippen molar-refractivity contribution in [3.63, 3.8) is 0 Å². The highest BCUT2D eigenvalue weighted by molar-refractivity contribution is 14.1. The highest BCUT2D eigenvalue weighted by Crippen LogP contribution is 2.14. The lowest BCUT2D eigenvalue weighted by Crippen LogP contribution is -2.15. The van der Waals surface area contributed by atoms with Gasteiger partial charge in [0.1, 0.15) is 5.69 Å². The summed E-state index contributed by atoms with van der Waals surface area (Å²) < 4.78 is 2.42. The van der Waals surface area contributed by atoms with Crippen molar-refractivity contribution in [2.75, 3.05) is 0 Å². The van der Waals surface area contributed by atoms with Crippen molar-refractivity contribution in [3.05, 3.63) is 31.9 Å². The van der Waals surface area contributed by atoms with E-state index in [-0.39, 0.29) is 5.56 Å². The van der Waals surface area contributed by atoms with Crippen LogP contribution in [0.3, 0.4) is 0 Å². The smallest absolute Gasteiger partial charge is 0.264 e. The molecule has 2 aromatic rings. The van der Waals surface area contributed by atoms with Gasteiger partial charge in [-0.05, 0) is 42.5 Å². The average molecular weight is 330 g/mol. The Morgan fingerprint density at radius 2 is 2.31 bits per heavy atom. The van der Waals surface area contributed by atoms with Crippen LogP contribution >= 0.6 is 22.6 Å². The molecule has 16 heavy (non-hydrogen) atoms. The molecule has 2 rings (SSSR count). The largest absolute Gasteiger partial charge is 0.304 e. The molecule has 0 saturated heterocycles. The van der Waals surface area contributed by atoms with Crippen molar-refractivity contribution in [2.45, 2.75) is 20.4 Å². The van der Waals surface area contributed by atoms with Crippen LogP contribution in [0.5, 0.6) is 0 Å². The number of aromatic amines is 1. The topological polar surface area (TPSA) is 63.6 Å². The summed E-state index contributed by atoms with van der Waals surface area (Å²) in [6.45, 7) is 4.57. The first kappa shape index (κ1) is 11.3. The first-order valence-corrected chi connectivity index (χ1v) is 6.00. The zero-order chi connectivity index (χ0) is 11.7. The first-order valence-electron chi connectivity index (χ1n) is 4.92. The van der Waals surface area contributed by atoms with Crippen LogP contribution in [0.15, 0.2) is 17.1 Å². The molecule has 0 spiro atoms. The van der Waals surface area contributed by atoms with Gasteiger partial charge in [-0.15, -0.1) is 0 Å². The second-order valence-corrected chi connectivity index (χ2v) is 4.42. The van der Waals surface area contributed by atoms with E-state index in [1.54, 1.807) is 10.9 Å². The number of H-pyrrole nitrogens is 1. The van der Waals surface area contributed by atoms with Crippen molar-refractivity contribution in [2.24, 2.45) is 0 Å². The standard InChI is InChI=1S/C10H11IN4O/c1-3-15-7(4-5-12-15)9-13-6(2)8(11)10(16)14-9/h4-5H,3H2,1-2H3,(H,13,14,16). The third-order valence-corrected chi connectivity index (χ3v) is 3.56. The molecule has 2 heterocycles. The molecule has 6 heteroatoms. The van der Waals surface area contributed by atoms with E-state index < -0.39 is 0 Å². The molecule has 1 N–H and O–H groups in total. The predicted molar refractivity (Wildman–Crippen MR) is 69.2 cm³/mol. The third-order valence-electron chi connectivity index (χ3n) is 2.29. The highest BCUT2D eigenvalue weighted by atomic mass is 127. The SMILES string of the molecule is CCn1nccc1-c1nc(C)c(I)c(=O)[nH]1. The van der Waals surface area contributed by atoms with Gasteiger partial charge in [-0.3, -0.25) is 9.48 Å². The number of nitrogens with one attached hydrogen (secondary N) is 1. The summed E-state index contributed by atoms with van der Waals surface area (Å²) in [5.74, 6) is 0.572. The van der Waals surface area contributed by atoms with Gasteiger partial charge in [-0.25, -0.2) is 4.98 Å². The summed E-state index contributed by atoms with van der Waals surface area (Å²) >= 11 is 1.99. The van der Waals surface area contributed by atoms with Crippen LogP contribution in [0, 0.1) is 10.5 Å². The minimum absolute atomic E-state index is 0.105. The van der Waals surface area contributed by atoms with Gasteiger partial charge in [0.25, 0.3) is 5.56 Å². The number of hydrogen-bond donors (Lipinski definition) is 1. The molecule has 84 valence electrons. The van der Waals surface area contributed by atoms with Gasteiger partial charge in [0.05, 0.1) is 9.26 Å². The lowest BCUT2D eigenvalue weighted by Gasteiger charge is -2.05. The maximum atomic E-state index is 11.6. The second-order valence-electron chi connectivity index (χ2n) is 3.35. The minimum atomic E-state index is -0.105. The molecule has 0 atom stereocenters. The second kappa shape index (κ2) is 4.36. The number of halogens is 1. The number of nitrogens with zero attached hydrogens (tertiary/aromatic N) is 3. The molecular weight excluding hydrogens is 319 g/mol. The van der Waals surface area contributed by atoms with Crippen molar-refractivity contribution < 1.29 is 0 Å². The summed E-state index contributed by atoms with van der Waals surface area (Å²) in [7, 11) is 0. The van der Waals surface area contributed by atoms with E-state index in [1.807, 2.05) is 42.5 Å². The van der Waals surface area contributed by atoms with Crippen LogP contribution in [0.1, 0.15) is 12.6 Å². The van der Waals surface area contributed by atoms with E-state index in [0.29, 0.717) is 9.39 Å². The lowest BCUT2D eigenvalue weighted by atomic mass is 10.3. The molecule has 0 saturated carbocycles. The highest BCUT2D eigenvalue weighted by Gasteiger charge is 2.10. The van der Waals surface area contributed by atoms with Gasteiger partial charge in [0.15, 0.2) is 5.82 Å². The molecule has 0 aliphatic carbocycles. The summed E-state index contributed by atoms with van der Waals surface area (Å²) in [4.78, 5) is 18.7. The molecule has 2 aromatic heterocycles. The molecule has 0 aromatic carbocycles. The van der Waals surface area contributed by atoms with Crippen LogP contribution in [0.2, 0.25) is 0 Å². The number of hydrogen-bond acceptors (Lipinski definition) is 3. The first-order chi connectivity index (χ1) is 7.63. The molecule has 0 bridgehead atoms. The Balaban J connectivity index is 2.61. The van der Waals surface area contributed by atoms with E-state index in [2.05, 4.69) is 15.1 Å². The van der Waals surface area contributed by atoms with E-state index in [4.69, 9.17) is 0 Å². The summed E-state index contributed by atoms with van der Waals surface area (Å²) in [6, 6.07) is 1.84. The molecule has 0 unspecified atom stereocenters. The van der Waals surface area contributed by atoms with Crippen LogP contribution < -0.4 is 5.56 Å². The van der Waals surface area contributed by atoms with Gasteiger partial charge in [0.2, 0.25) is 0 Å². The van der Waals surface area contributed by atoms with Crippen LogP contribution in [0.25, 0.3) is 11.5 Å². The van der Waals surface area contributed by atoms with Gasteiger partial charge in [-0.1, -0.05) is 0 Å². The molecule has 0 aliphatic rings. The maximum Gasteiger partial charge on any atom is 0.264 e. The Labute approximate surface area is 106 Å². The number of rotatable bonds is 2. The maximum absolute atomic E-state index is 11.6. The lowest BCUT2D eigenvalue weighted by molar-refractivity contribution is 0.663.